The van der Waals surface area contributed by atoms with Gasteiger partial charge in [-0.25, -0.2) is 0 Å². The average molecular weight is 486 g/mol. The third-order valence-electron chi connectivity index (χ3n) is 5.73. The van der Waals surface area contributed by atoms with Crippen LogP contribution in [0.2, 0.25) is 0 Å². The van der Waals surface area contributed by atoms with Gasteiger partial charge in [-0.3, -0.25) is 0 Å². The SMILES string of the molecule is O=C=Nc1ccc(F)[c]([Ti]([C]2=CC=CC2)([C]2=CC=CC2)[c]2c(F)ccc(N=C=O)c2F)c1F. The van der Waals surface area contributed by atoms with E-state index in [9.17, 15) is 9.59 Å². The van der Waals surface area contributed by atoms with Crippen LogP contribution >= 0.6 is 0 Å². The number of nitrogens with zero attached hydrogens (tertiary/aromatic N) is 2. The van der Waals surface area contributed by atoms with Crippen molar-refractivity contribution in [1.29, 1.82) is 0 Å². The number of allylic oxidation sites excluding steroid dienone is 8. The Morgan fingerprint density at radius 3 is 1.45 bits per heavy atom. The second-order valence-electron chi connectivity index (χ2n) is 7.32. The van der Waals surface area contributed by atoms with Crippen molar-refractivity contribution in [1.82, 2.24) is 0 Å². The van der Waals surface area contributed by atoms with Crippen LogP contribution in [-0.4, -0.2) is 12.2 Å². The average Bonchev–Trinajstić information content (AvgIpc) is 3.51. The van der Waals surface area contributed by atoms with Crippen LogP contribution < -0.4 is 7.74 Å². The zero-order valence-corrected chi connectivity index (χ0v) is 18.5. The predicted molar refractivity (Wildman–Crippen MR) is 111 cm³/mol. The Bertz CT molecular complexity index is 1280. The van der Waals surface area contributed by atoms with Crippen LogP contribution in [0.5, 0.6) is 0 Å². The van der Waals surface area contributed by atoms with E-state index in [0.717, 1.165) is 24.3 Å². The van der Waals surface area contributed by atoms with E-state index in [1.54, 1.807) is 36.5 Å². The van der Waals surface area contributed by atoms with Crippen LogP contribution in [-0.2, 0) is 26.2 Å². The number of halogens is 4. The van der Waals surface area contributed by atoms with Crippen molar-refractivity contribution < 1.29 is 43.7 Å². The minimum atomic E-state index is -5.02. The summed E-state index contributed by atoms with van der Waals surface area (Å²) in [7, 11) is 0. The van der Waals surface area contributed by atoms with Gasteiger partial charge in [-0.2, -0.15) is 0 Å². The molecule has 0 fully saturated rings. The molecule has 4 nitrogen and oxygen atoms in total. The Hall–Kier alpha value is -3.41. The summed E-state index contributed by atoms with van der Waals surface area (Å²) in [5, 5.41) is 0. The van der Waals surface area contributed by atoms with Crippen LogP contribution in [0.4, 0.5) is 28.9 Å². The standard InChI is InChI=1S/2C7H2F2NO.2C5H5.Ti/c2*8-5-1-2-7(10-4-11)6(9)3-5;2*1-2-4-5-3-1;/h2*1-2H;2*1-3H,4H2;. The predicted octanol–water partition coefficient (Wildman–Crippen LogP) is 4.97. The Morgan fingerprint density at radius 2 is 1.12 bits per heavy atom. The molecule has 2 aliphatic carbocycles. The van der Waals surface area contributed by atoms with E-state index in [1.807, 2.05) is 0 Å². The van der Waals surface area contributed by atoms with Gasteiger partial charge in [0, 0.05) is 0 Å². The van der Waals surface area contributed by atoms with E-state index in [-0.39, 0.29) is 12.8 Å². The number of benzene rings is 2. The van der Waals surface area contributed by atoms with Crippen molar-refractivity contribution in [3.05, 3.63) is 91.7 Å². The molecule has 2 aromatic carbocycles. The molecule has 0 heterocycles. The summed E-state index contributed by atoms with van der Waals surface area (Å²) in [6.45, 7) is 0. The van der Waals surface area contributed by atoms with Crippen LogP contribution in [0.15, 0.2) is 78.5 Å². The molecule has 0 atom stereocenters. The summed E-state index contributed by atoms with van der Waals surface area (Å²) >= 11 is -5.02. The van der Waals surface area contributed by atoms with E-state index < -0.39 is 59.0 Å². The van der Waals surface area contributed by atoms with Crippen molar-refractivity contribution in [3.63, 3.8) is 0 Å². The van der Waals surface area contributed by atoms with Crippen LogP contribution in [0.3, 0.4) is 0 Å². The van der Waals surface area contributed by atoms with E-state index in [0.29, 0.717) is 7.76 Å². The third-order valence-corrected chi connectivity index (χ3v) is 13.7. The van der Waals surface area contributed by atoms with Gasteiger partial charge in [0.15, 0.2) is 0 Å². The van der Waals surface area contributed by atoms with Crippen LogP contribution in [0.25, 0.3) is 0 Å². The third kappa shape index (κ3) is 3.63. The molecule has 33 heavy (non-hydrogen) atoms. The first-order chi connectivity index (χ1) is 16.0. The summed E-state index contributed by atoms with van der Waals surface area (Å²) in [4.78, 5) is 28.3. The molecule has 0 saturated carbocycles. The molecule has 0 aliphatic heterocycles. The molecule has 0 bridgehead atoms. The van der Waals surface area contributed by atoms with Crippen molar-refractivity contribution in [2.75, 3.05) is 0 Å². The Kier molecular flexibility index (Phi) is 6.36. The van der Waals surface area contributed by atoms with Gasteiger partial charge in [-0.05, 0) is 0 Å². The molecule has 0 radical (unpaired) electrons. The van der Waals surface area contributed by atoms with Crippen LogP contribution in [0, 0.1) is 23.3 Å². The van der Waals surface area contributed by atoms with Gasteiger partial charge in [0.05, 0.1) is 0 Å². The molecular formula is C24H14F4N2O2Ti. The molecule has 4 rings (SSSR count). The van der Waals surface area contributed by atoms with Gasteiger partial charge in [-0.15, -0.1) is 0 Å². The van der Waals surface area contributed by atoms with E-state index in [4.69, 9.17) is 0 Å². The van der Waals surface area contributed by atoms with E-state index in [2.05, 4.69) is 9.98 Å². The normalized spacial score (nSPS) is 14.5. The topological polar surface area (TPSA) is 58.9 Å². The Morgan fingerprint density at radius 1 is 0.697 bits per heavy atom. The molecule has 164 valence electrons. The first kappa shape index (κ1) is 22.8. The van der Waals surface area contributed by atoms with Crippen molar-refractivity contribution in [2.24, 2.45) is 9.98 Å². The number of hydrogen-bond donors (Lipinski definition) is 0. The van der Waals surface area contributed by atoms with Gasteiger partial charge in [0.25, 0.3) is 0 Å². The summed E-state index contributed by atoms with van der Waals surface area (Å²) in [6, 6.07) is 3.77. The molecule has 0 N–H and O–H groups in total. The molecular weight excluding hydrogens is 472 g/mol. The fraction of sp³-hybridized carbons (Fsp3) is 0.0833. The zero-order valence-electron chi connectivity index (χ0n) is 16.9. The van der Waals surface area contributed by atoms with Crippen molar-refractivity contribution >= 4 is 31.3 Å². The Balaban J connectivity index is 2.24. The number of hydrogen-bond acceptors (Lipinski definition) is 4. The fourth-order valence-corrected chi connectivity index (χ4v) is 12.7. The van der Waals surface area contributed by atoms with Gasteiger partial charge in [-0.1, -0.05) is 0 Å². The zero-order chi connectivity index (χ0) is 23.6. The molecule has 0 unspecified atom stereocenters. The van der Waals surface area contributed by atoms with Gasteiger partial charge < -0.3 is 0 Å². The molecule has 0 amide bonds. The summed E-state index contributed by atoms with van der Waals surface area (Å²) < 4.78 is 62.6. The second kappa shape index (κ2) is 9.22. The second-order valence-corrected chi connectivity index (χ2v) is 13.2. The monoisotopic (exact) mass is 486 g/mol. The maximum absolute atomic E-state index is 15.8. The molecule has 0 spiro atoms. The molecule has 2 aromatic rings. The van der Waals surface area contributed by atoms with E-state index >= 15 is 17.6 Å². The minimum absolute atomic E-state index is 0.220. The van der Waals surface area contributed by atoms with Gasteiger partial charge in [0.2, 0.25) is 0 Å². The number of carbonyl (C=O) groups excluding carboxylic acids is 2. The molecule has 0 aromatic heterocycles. The fourth-order valence-electron chi connectivity index (χ4n) is 4.47. The van der Waals surface area contributed by atoms with E-state index in [1.165, 1.54) is 12.2 Å². The number of aliphatic imine (C=N–C) groups is 2. The first-order valence-corrected chi connectivity index (χ1v) is 12.9. The molecule has 2 aliphatic rings. The number of isocyanates is 2. The van der Waals surface area contributed by atoms with Crippen molar-refractivity contribution in [3.8, 4) is 0 Å². The summed E-state index contributed by atoms with van der Waals surface area (Å²) in [6.07, 6.45) is 12.9. The maximum atomic E-state index is 15.8. The van der Waals surface area contributed by atoms with Gasteiger partial charge >= 0.3 is 190 Å². The quantitative estimate of drug-likeness (QED) is 0.251. The van der Waals surface area contributed by atoms with Crippen molar-refractivity contribution in [2.45, 2.75) is 12.8 Å². The number of rotatable bonds is 6. The Labute approximate surface area is 189 Å². The van der Waals surface area contributed by atoms with Gasteiger partial charge in [0.1, 0.15) is 0 Å². The molecule has 0 saturated heterocycles. The molecule has 9 heteroatoms. The van der Waals surface area contributed by atoms with Crippen LogP contribution in [0.1, 0.15) is 12.8 Å². The summed E-state index contributed by atoms with van der Waals surface area (Å²) in [5.41, 5.74) is -0.977. The summed E-state index contributed by atoms with van der Waals surface area (Å²) in [5.74, 6) is -4.38. The first-order valence-electron chi connectivity index (χ1n) is 9.81.